The van der Waals surface area contributed by atoms with E-state index >= 15 is 0 Å². The summed E-state index contributed by atoms with van der Waals surface area (Å²) < 4.78 is 73.0. The SMILES string of the molecule is O=C(C(=O)C(F)(F)F)C(F)(F)F.O=C(O[C@H]1CN2CCC1CC2)C(NC1CCCCC1)c1ccccc1. The number of carbonyl (C=O) groups excluding carboxylic acids is 3. The lowest BCUT2D eigenvalue weighted by Gasteiger charge is -2.44. The number of hydrogen-bond acceptors (Lipinski definition) is 6. The fraction of sp³-hybridized carbons (Fsp3) is 0.640. The second-order valence-electron chi connectivity index (χ2n) is 9.61. The minimum Gasteiger partial charge on any atom is -0.459 e. The van der Waals surface area contributed by atoms with Gasteiger partial charge in [-0.2, -0.15) is 26.3 Å². The summed E-state index contributed by atoms with van der Waals surface area (Å²) >= 11 is 0. The van der Waals surface area contributed by atoms with Gasteiger partial charge in [-0.05, 0) is 50.3 Å². The predicted molar refractivity (Wildman–Crippen MR) is 120 cm³/mol. The minimum atomic E-state index is -5.77. The topological polar surface area (TPSA) is 75.7 Å². The third-order valence-electron chi connectivity index (χ3n) is 6.96. The number of hydrogen-bond donors (Lipinski definition) is 1. The van der Waals surface area contributed by atoms with Crippen LogP contribution < -0.4 is 5.32 Å². The van der Waals surface area contributed by atoms with Crippen molar-refractivity contribution in [3.8, 4) is 0 Å². The molecule has 0 radical (unpaired) electrons. The zero-order valence-corrected chi connectivity index (χ0v) is 20.1. The highest BCUT2D eigenvalue weighted by Crippen LogP contribution is 2.31. The molecule has 6 nitrogen and oxygen atoms in total. The summed E-state index contributed by atoms with van der Waals surface area (Å²) in [4.78, 5) is 34.7. The monoisotopic (exact) mass is 536 g/mol. The number of nitrogens with one attached hydrogen (secondary N) is 1. The van der Waals surface area contributed by atoms with Gasteiger partial charge in [0, 0.05) is 12.6 Å². The number of rotatable bonds is 6. The number of benzene rings is 1. The number of piperidine rings is 3. The van der Waals surface area contributed by atoms with Crippen molar-refractivity contribution >= 4 is 17.5 Å². The average Bonchev–Trinajstić information content (AvgIpc) is 2.87. The standard InChI is InChI=1S/C21H30N2O2.C4F6O2/c24-21(25-19-15-23-13-11-16(19)12-14-23)20(17-7-3-1-4-8-17)22-18-9-5-2-6-10-18;5-3(6,7)1(11)2(12)4(8,9)10/h1,3-4,7-8,16,18-20,22H,2,5-6,9-15H2;/t19-,20?;/m0./s1. The number of alkyl halides is 6. The van der Waals surface area contributed by atoms with Gasteiger partial charge < -0.3 is 4.74 Å². The molecule has 5 rings (SSSR count). The molecule has 1 N–H and O–H groups in total. The van der Waals surface area contributed by atoms with Crippen molar-refractivity contribution < 1.29 is 45.5 Å². The Bertz CT molecular complexity index is 899. The Labute approximate surface area is 210 Å². The zero-order chi connectivity index (χ0) is 27.2. The molecular weight excluding hydrogens is 506 g/mol. The van der Waals surface area contributed by atoms with Crippen molar-refractivity contribution in [3.63, 3.8) is 0 Å². The van der Waals surface area contributed by atoms with Gasteiger partial charge in [0.05, 0.1) is 0 Å². The molecule has 1 unspecified atom stereocenters. The molecule has 12 heteroatoms. The Balaban J connectivity index is 0.000000270. The summed E-state index contributed by atoms with van der Waals surface area (Å²) in [6.45, 7) is 3.25. The van der Waals surface area contributed by atoms with Crippen LogP contribution in [0, 0.1) is 5.92 Å². The van der Waals surface area contributed by atoms with Crippen LogP contribution in [0.3, 0.4) is 0 Å². The number of fused-ring (bicyclic) bond motifs is 3. The number of halogens is 6. The van der Waals surface area contributed by atoms with E-state index in [-0.39, 0.29) is 18.1 Å². The van der Waals surface area contributed by atoms with Crippen molar-refractivity contribution in [3.05, 3.63) is 35.9 Å². The van der Waals surface area contributed by atoms with E-state index in [4.69, 9.17) is 4.74 Å². The molecule has 37 heavy (non-hydrogen) atoms. The molecule has 2 atom stereocenters. The average molecular weight is 537 g/mol. The molecule has 206 valence electrons. The Morgan fingerprint density at radius 2 is 1.38 bits per heavy atom. The number of nitrogens with zero attached hydrogens (tertiary/aromatic N) is 1. The van der Waals surface area contributed by atoms with Gasteiger partial charge in [-0.1, -0.05) is 49.6 Å². The first-order valence-corrected chi connectivity index (χ1v) is 12.3. The summed E-state index contributed by atoms with van der Waals surface area (Å²) in [6.07, 6.45) is -2.96. The van der Waals surface area contributed by atoms with Crippen molar-refractivity contribution in [2.75, 3.05) is 19.6 Å². The van der Waals surface area contributed by atoms with Gasteiger partial charge in [0.15, 0.2) is 0 Å². The lowest BCUT2D eigenvalue weighted by molar-refractivity contribution is -0.193. The number of esters is 1. The van der Waals surface area contributed by atoms with E-state index in [1.165, 1.54) is 45.2 Å². The molecule has 3 saturated heterocycles. The van der Waals surface area contributed by atoms with Crippen molar-refractivity contribution in [1.29, 1.82) is 0 Å². The third kappa shape index (κ3) is 8.26. The van der Waals surface area contributed by atoms with Crippen LogP contribution in [-0.4, -0.2) is 66.6 Å². The largest absolute Gasteiger partial charge is 0.459 e. The molecule has 1 aromatic carbocycles. The highest BCUT2D eigenvalue weighted by Gasteiger charge is 2.54. The highest BCUT2D eigenvalue weighted by atomic mass is 19.4. The smallest absolute Gasteiger partial charge is 0.458 e. The quantitative estimate of drug-likeness (QED) is 0.327. The molecule has 4 aliphatic rings. The number of ketones is 2. The second kappa shape index (κ2) is 12.4. The zero-order valence-electron chi connectivity index (χ0n) is 20.1. The van der Waals surface area contributed by atoms with E-state index in [1.807, 2.05) is 30.3 Å². The van der Waals surface area contributed by atoms with Gasteiger partial charge in [-0.25, -0.2) is 4.79 Å². The lowest BCUT2D eigenvalue weighted by atomic mass is 9.86. The van der Waals surface area contributed by atoms with E-state index in [1.54, 1.807) is 0 Å². The fourth-order valence-corrected chi connectivity index (χ4v) is 4.97. The first kappa shape index (κ1) is 29.1. The van der Waals surface area contributed by atoms with Crippen molar-refractivity contribution in [1.82, 2.24) is 10.2 Å². The number of ether oxygens (including phenoxy) is 1. The Kier molecular flexibility index (Phi) is 9.74. The van der Waals surface area contributed by atoms with Gasteiger partial charge in [-0.3, -0.25) is 19.8 Å². The van der Waals surface area contributed by atoms with Gasteiger partial charge in [-0.15, -0.1) is 0 Å². The van der Waals surface area contributed by atoms with Gasteiger partial charge in [0.1, 0.15) is 12.1 Å². The molecule has 4 fully saturated rings. The van der Waals surface area contributed by atoms with Crippen LogP contribution in [0.15, 0.2) is 30.3 Å². The molecule has 0 aromatic heterocycles. The van der Waals surface area contributed by atoms with Gasteiger partial charge in [0.25, 0.3) is 0 Å². The van der Waals surface area contributed by atoms with Crippen LogP contribution in [0.2, 0.25) is 0 Å². The molecule has 3 heterocycles. The lowest BCUT2D eigenvalue weighted by Crippen LogP contribution is -2.52. The normalized spacial score (nSPS) is 25.0. The maximum Gasteiger partial charge on any atom is 0.458 e. The van der Waals surface area contributed by atoms with Crippen LogP contribution in [0.5, 0.6) is 0 Å². The summed E-state index contributed by atoms with van der Waals surface area (Å²) in [5, 5.41) is 3.62. The highest BCUT2D eigenvalue weighted by molar-refractivity contribution is 6.41. The predicted octanol–water partition coefficient (Wildman–Crippen LogP) is 4.54. The summed E-state index contributed by atoms with van der Waals surface area (Å²) in [5.74, 6) is -6.35. The number of Topliss-reactive ketones (excluding diaryl/α,β-unsaturated/α-hetero) is 2. The fourth-order valence-electron chi connectivity index (χ4n) is 4.97. The first-order chi connectivity index (χ1) is 17.4. The van der Waals surface area contributed by atoms with Crippen LogP contribution in [0.4, 0.5) is 26.3 Å². The molecule has 3 aliphatic heterocycles. The third-order valence-corrected chi connectivity index (χ3v) is 6.96. The molecule has 2 bridgehead atoms. The molecule has 1 saturated carbocycles. The number of carbonyl (C=O) groups is 3. The summed E-state index contributed by atoms with van der Waals surface area (Å²) in [5.41, 5.74) is 1.03. The molecule has 0 spiro atoms. The van der Waals surface area contributed by atoms with Crippen molar-refractivity contribution in [2.45, 2.75) is 75.5 Å². The van der Waals surface area contributed by atoms with Gasteiger partial charge >= 0.3 is 29.9 Å². The van der Waals surface area contributed by atoms with E-state index in [0.29, 0.717) is 12.0 Å². The first-order valence-electron chi connectivity index (χ1n) is 12.3. The molecule has 0 amide bonds. The van der Waals surface area contributed by atoms with E-state index in [9.17, 15) is 40.7 Å². The van der Waals surface area contributed by atoms with Crippen LogP contribution >= 0.6 is 0 Å². The van der Waals surface area contributed by atoms with Crippen molar-refractivity contribution in [2.24, 2.45) is 5.92 Å². The Morgan fingerprint density at radius 3 is 1.84 bits per heavy atom. The minimum absolute atomic E-state index is 0.0781. The van der Waals surface area contributed by atoms with Crippen LogP contribution in [0.1, 0.15) is 56.6 Å². The van der Waals surface area contributed by atoms with Gasteiger partial charge in [0.2, 0.25) is 0 Å². The maximum absolute atomic E-state index is 13.1. The van der Waals surface area contributed by atoms with E-state index in [2.05, 4.69) is 10.2 Å². The summed E-state index contributed by atoms with van der Waals surface area (Å²) in [7, 11) is 0. The molecule has 1 aromatic rings. The Morgan fingerprint density at radius 1 is 0.838 bits per heavy atom. The second-order valence-corrected chi connectivity index (χ2v) is 9.61. The summed E-state index contributed by atoms with van der Waals surface area (Å²) in [6, 6.07) is 10.2. The van der Waals surface area contributed by atoms with Crippen LogP contribution in [-0.2, 0) is 19.1 Å². The molecular formula is C25H30F6N2O4. The van der Waals surface area contributed by atoms with E-state index in [0.717, 1.165) is 24.9 Å². The molecule has 1 aliphatic carbocycles. The Hall–Kier alpha value is -2.47. The van der Waals surface area contributed by atoms with E-state index < -0.39 is 23.9 Å². The maximum atomic E-state index is 13.1. The van der Waals surface area contributed by atoms with Crippen LogP contribution in [0.25, 0.3) is 0 Å².